The van der Waals surface area contributed by atoms with E-state index in [9.17, 15) is 0 Å². The Bertz CT molecular complexity index is 665. The zero-order valence-electron chi connectivity index (χ0n) is 11.7. The third-order valence-corrected chi connectivity index (χ3v) is 4.48. The first-order valence-corrected chi connectivity index (χ1v) is 7.85. The summed E-state index contributed by atoms with van der Waals surface area (Å²) in [6, 6.07) is 10.1. The summed E-state index contributed by atoms with van der Waals surface area (Å²) in [7, 11) is 0. The first kappa shape index (κ1) is 14.0. The molecule has 0 fully saturated rings. The molecule has 0 saturated heterocycles. The lowest BCUT2D eigenvalue weighted by Gasteiger charge is -2.22. The number of nitriles is 1. The van der Waals surface area contributed by atoms with E-state index < -0.39 is 0 Å². The van der Waals surface area contributed by atoms with Gasteiger partial charge in [-0.2, -0.15) is 10.2 Å². The van der Waals surface area contributed by atoms with E-state index in [1.807, 2.05) is 31.2 Å². The molecule has 5 nitrogen and oxygen atoms in total. The summed E-state index contributed by atoms with van der Waals surface area (Å²) in [5, 5.41) is 12.7. The maximum absolute atomic E-state index is 8.62. The van der Waals surface area contributed by atoms with Crippen LogP contribution < -0.4 is 4.74 Å². The average Bonchev–Trinajstić information content (AvgIpc) is 3.02. The largest absolute Gasteiger partial charge is 0.480 e. The molecule has 3 rings (SSSR count). The Hall–Kier alpha value is -2.00. The second kappa shape index (κ2) is 6.19. The number of thioether (sulfide) groups is 1. The van der Waals surface area contributed by atoms with Crippen LogP contribution in [0.25, 0.3) is 0 Å². The van der Waals surface area contributed by atoms with Gasteiger partial charge in [0.25, 0.3) is 0 Å². The summed E-state index contributed by atoms with van der Waals surface area (Å²) >= 11 is 1.73. The monoisotopic (exact) mass is 301 g/mol. The van der Waals surface area contributed by atoms with Crippen molar-refractivity contribution < 1.29 is 9.26 Å². The smallest absolute Gasteiger partial charge is 0.229 e. The third kappa shape index (κ3) is 3.03. The van der Waals surface area contributed by atoms with E-state index in [0.29, 0.717) is 18.1 Å². The highest BCUT2D eigenvalue weighted by Crippen LogP contribution is 2.39. The molecule has 0 radical (unpaired) electrons. The number of aromatic nitrogens is 2. The van der Waals surface area contributed by atoms with Crippen LogP contribution in [0.4, 0.5) is 0 Å². The quantitative estimate of drug-likeness (QED) is 0.857. The molecule has 2 aromatic rings. The van der Waals surface area contributed by atoms with Gasteiger partial charge < -0.3 is 9.26 Å². The van der Waals surface area contributed by atoms with Gasteiger partial charge in [-0.15, -0.1) is 11.8 Å². The molecule has 0 N–H and O–H groups in total. The van der Waals surface area contributed by atoms with E-state index in [1.165, 1.54) is 0 Å². The van der Waals surface area contributed by atoms with E-state index in [2.05, 4.69) is 16.2 Å². The van der Waals surface area contributed by atoms with E-state index in [1.54, 1.807) is 11.8 Å². The second-order valence-electron chi connectivity index (χ2n) is 4.95. The Kier molecular flexibility index (Phi) is 4.11. The molecule has 1 aromatic heterocycles. The molecule has 2 unspecified atom stereocenters. The summed E-state index contributed by atoms with van der Waals surface area (Å²) in [6.45, 7) is 1.99. The Morgan fingerprint density at radius 3 is 3.19 bits per heavy atom. The van der Waals surface area contributed by atoms with Crippen molar-refractivity contribution >= 4 is 11.8 Å². The number of ether oxygens (including phenoxy) is 1. The normalized spacial score (nSPS) is 18.4. The molecular weight excluding hydrogens is 286 g/mol. The molecule has 21 heavy (non-hydrogen) atoms. The lowest BCUT2D eigenvalue weighted by molar-refractivity contribution is 0.205. The van der Waals surface area contributed by atoms with Gasteiger partial charge in [0.2, 0.25) is 11.7 Å². The zero-order valence-corrected chi connectivity index (χ0v) is 12.5. The predicted molar refractivity (Wildman–Crippen MR) is 78.1 cm³/mol. The maximum atomic E-state index is 8.62. The van der Waals surface area contributed by atoms with Gasteiger partial charge in [0.15, 0.2) is 6.10 Å². The summed E-state index contributed by atoms with van der Waals surface area (Å²) in [5.41, 5.74) is 0. The molecule has 0 saturated carbocycles. The number of para-hydroxylation sites is 1. The van der Waals surface area contributed by atoms with Crippen LogP contribution in [0.15, 0.2) is 33.7 Å². The molecule has 6 heteroatoms. The second-order valence-corrected chi connectivity index (χ2v) is 6.01. The van der Waals surface area contributed by atoms with Crippen molar-refractivity contribution in [3.05, 3.63) is 36.0 Å². The van der Waals surface area contributed by atoms with Crippen molar-refractivity contribution in [2.45, 2.75) is 36.7 Å². The Morgan fingerprint density at radius 2 is 2.33 bits per heavy atom. The Labute approximate surface area is 127 Å². The van der Waals surface area contributed by atoms with Crippen molar-refractivity contribution in [2.24, 2.45) is 0 Å². The van der Waals surface area contributed by atoms with Gasteiger partial charge >= 0.3 is 0 Å². The molecule has 0 aliphatic carbocycles. The van der Waals surface area contributed by atoms with Crippen LogP contribution >= 0.6 is 11.8 Å². The topological polar surface area (TPSA) is 71.9 Å². The minimum absolute atomic E-state index is 0.0921. The molecule has 108 valence electrons. The van der Waals surface area contributed by atoms with Crippen LogP contribution in [0.2, 0.25) is 0 Å². The fourth-order valence-electron chi connectivity index (χ4n) is 2.13. The van der Waals surface area contributed by atoms with Gasteiger partial charge in [-0.3, -0.25) is 0 Å². The van der Waals surface area contributed by atoms with E-state index in [-0.39, 0.29) is 12.0 Å². The van der Waals surface area contributed by atoms with Crippen molar-refractivity contribution in [1.29, 1.82) is 5.26 Å². The number of benzene rings is 1. The van der Waals surface area contributed by atoms with Crippen LogP contribution in [-0.4, -0.2) is 15.9 Å². The third-order valence-electron chi connectivity index (χ3n) is 3.36. The molecule has 1 aromatic carbocycles. The molecule has 0 bridgehead atoms. The molecule has 2 atom stereocenters. The predicted octanol–water partition coefficient (Wildman–Crippen LogP) is 3.70. The minimum Gasteiger partial charge on any atom is -0.480 e. The van der Waals surface area contributed by atoms with Crippen LogP contribution in [-0.2, 0) is 0 Å². The van der Waals surface area contributed by atoms with Gasteiger partial charge in [-0.1, -0.05) is 24.2 Å². The Balaban J connectivity index is 1.72. The fraction of sp³-hybridized carbons (Fsp3) is 0.400. The fourth-order valence-corrected chi connectivity index (χ4v) is 3.11. The summed E-state index contributed by atoms with van der Waals surface area (Å²) < 4.78 is 11.2. The number of rotatable bonds is 4. The van der Waals surface area contributed by atoms with E-state index >= 15 is 0 Å². The lowest BCUT2D eigenvalue weighted by atomic mass is 10.1. The first-order chi connectivity index (χ1) is 10.3. The van der Waals surface area contributed by atoms with Gasteiger partial charge in [0.1, 0.15) is 5.75 Å². The molecule has 0 amide bonds. The summed E-state index contributed by atoms with van der Waals surface area (Å²) in [6.07, 6.45) is 1.02. The highest BCUT2D eigenvalue weighted by atomic mass is 32.2. The van der Waals surface area contributed by atoms with Crippen molar-refractivity contribution in [3.8, 4) is 11.8 Å². The molecule has 0 spiro atoms. The summed E-state index contributed by atoms with van der Waals surface area (Å²) in [5.74, 6) is 2.88. The number of hydrogen-bond donors (Lipinski definition) is 0. The molecule has 2 heterocycles. The van der Waals surface area contributed by atoms with Crippen molar-refractivity contribution in [2.75, 3.05) is 5.75 Å². The van der Waals surface area contributed by atoms with Crippen LogP contribution in [0.3, 0.4) is 0 Å². The van der Waals surface area contributed by atoms with Crippen molar-refractivity contribution in [1.82, 2.24) is 10.1 Å². The summed E-state index contributed by atoms with van der Waals surface area (Å²) in [4.78, 5) is 5.57. The van der Waals surface area contributed by atoms with Gasteiger partial charge in [0, 0.05) is 23.0 Å². The molecule has 1 aliphatic heterocycles. The van der Waals surface area contributed by atoms with Crippen LogP contribution in [0.1, 0.15) is 43.5 Å². The number of nitrogens with zero attached hydrogens (tertiary/aromatic N) is 3. The Morgan fingerprint density at radius 1 is 1.48 bits per heavy atom. The number of hydrogen-bond acceptors (Lipinski definition) is 6. The molecular formula is C15H15N3O2S. The standard InChI is InChI=1S/C15H15N3O2S/c1-10(5-4-8-16)15-17-14(18-20-15)12-9-21-13-7-3-2-6-11(13)19-12/h2-3,6-7,10,12H,4-5,9H2,1H3. The average molecular weight is 301 g/mol. The maximum Gasteiger partial charge on any atom is 0.229 e. The highest BCUT2D eigenvalue weighted by molar-refractivity contribution is 7.99. The lowest BCUT2D eigenvalue weighted by Crippen LogP contribution is -2.16. The number of fused-ring (bicyclic) bond motifs is 1. The van der Waals surface area contributed by atoms with E-state index in [4.69, 9.17) is 14.5 Å². The molecule has 1 aliphatic rings. The minimum atomic E-state index is -0.189. The van der Waals surface area contributed by atoms with Crippen LogP contribution in [0, 0.1) is 11.3 Å². The van der Waals surface area contributed by atoms with Gasteiger partial charge in [0.05, 0.1) is 6.07 Å². The highest BCUT2D eigenvalue weighted by Gasteiger charge is 2.26. The van der Waals surface area contributed by atoms with E-state index in [0.717, 1.165) is 22.8 Å². The first-order valence-electron chi connectivity index (χ1n) is 6.87. The van der Waals surface area contributed by atoms with Crippen LogP contribution in [0.5, 0.6) is 5.75 Å². The zero-order chi connectivity index (χ0) is 14.7. The SMILES string of the molecule is CC(CCC#N)c1nc(C2CSc3ccccc3O2)no1. The van der Waals surface area contributed by atoms with Crippen molar-refractivity contribution in [3.63, 3.8) is 0 Å². The van der Waals surface area contributed by atoms with Gasteiger partial charge in [-0.25, -0.2) is 0 Å². The van der Waals surface area contributed by atoms with Gasteiger partial charge in [-0.05, 0) is 18.6 Å².